The van der Waals surface area contributed by atoms with Gasteiger partial charge in [0.05, 0.1) is 6.54 Å². The van der Waals surface area contributed by atoms with E-state index in [1.165, 1.54) is 18.4 Å². The molecule has 0 spiro atoms. The van der Waals surface area contributed by atoms with Crippen LogP contribution in [0.15, 0.2) is 30.3 Å². The molecule has 4 heteroatoms. The Morgan fingerprint density at radius 2 is 1.72 bits per heavy atom. The number of rotatable bonds is 5. The number of carbonyl (C=O) groups is 1. The molecule has 2 aliphatic rings. The van der Waals surface area contributed by atoms with Crippen molar-refractivity contribution >= 4 is 5.91 Å². The van der Waals surface area contributed by atoms with Gasteiger partial charge in [0.1, 0.15) is 0 Å². The molecule has 3 rings (SSSR count). The minimum Gasteiger partial charge on any atom is -0.339 e. The van der Waals surface area contributed by atoms with Crippen molar-refractivity contribution in [3.05, 3.63) is 35.9 Å². The molecule has 0 aliphatic carbocycles. The molecule has 0 radical (unpaired) electrons. The normalized spacial score (nSPS) is 24.2. The standard InChI is InChI=1S/C21H33N3O/c1-18(20-9-4-3-5-10-20)16-22-12-14-23(15-13-22)17-21(25)24-11-7-6-8-19(24)2/h3-5,9-10,18-19H,6-8,11-17H2,1-2H3/t18-,19+/m0/s1. The Bertz CT molecular complexity index is 539. The maximum Gasteiger partial charge on any atom is 0.236 e. The highest BCUT2D eigenvalue weighted by atomic mass is 16.2. The number of hydrogen-bond acceptors (Lipinski definition) is 3. The Kier molecular flexibility index (Phi) is 6.49. The Hall–Kier alpha value is -1.39. The summed E-state index contributed by atoms with van der Waals surface area (Å²) < 4.78 is 0. The lowest BCUT2D eigenvalue weighted by Gasteiger charge is -2.38. The van der Waals surface area contributed by atoms with Crippen LogP contribution in [-0.4, -0.2) is 72.5 Å². The Morgan fingerprint density at radius 1 is 1.04 bits per heavy atom. The van der Waals surface area contributed by atoms with E-state index in [2.05, 4.69) is 58.9 Å². The van der Waals surface area contributed by atoms with Crippen molar-refractivity contribution in [1.82, 2.24) is 14.7 Å². The first-order valence-electron chi connectivity index (χ1n) is 9.92. The molecule has 0 N–H and O–H groups in total. The van der Waals surface area contributed by atoms with Crippen molar-refractivity contribution < 1.29 is 4.79 Å². The molecule has 2 fully saturated rings. The lowest BCUT2D eigenvalue weighted by atomic mass is 10.0. The van der Waals surface area contributed by atoms with Crippen LogP contribution in [0, 0.1) is 0 Å². The third-order valence-electron chi connectivity index (χ3n) is 5.85. The van der Waals surface area contributed by atoms with E-state index in [1.807, 2.05) is 0 Å². The average Bonchev–Trinajstić information content (AvgIpc) is 2.64. The van der Waals surface area contributed by atoms with Crippen molar-refractivity contribution in [2.75, 3.05) is 45.8 Å². The summed E-state index contributed by atoms with van der Waals surface area (Å²) in [6, 6.07) is 11.2. The molecule has 138 valence electrons. The first kappa shape index (κ1) is 18.4. The van der Waals surface area contributed by atoms with E-state index in [-0.39, 0.29) is 0 Å². The SMILES string of the molecule is C[C@@H]1CCCCN1C(=O)CN1CCN(C[C@H](C)c2ccccc2)CC1. The summed E-state index contributed by atoms with van der Waals surface area (Å²) in [5, 5.41) is 0. The third-order valence-corrected chi connectivity index (χ3v) is 5.85. The van der Waals surface area contributed by atoms with Gasteiger partial charge in [0, 0.05) is 45.3 Å². The van der Waals surface area contributed by atoms with E-state index in [0.717, 1.165) is 45.7 Å². The molecule has 2 saturated heterocycles. The maximum absolute atomic E-state index is 12.6. The van der Waals surface area contributed by atoms with Crippen molar-refractivity contribution in [3.63, 3.8) is 0 Å². The van der Waals surface area contributed by atoms with E-state index in [9.17, 15) is 4.79 Å². The highest BCUT2D eigenvalue weighted by Crippen LogP contribution is 2.18. The first-order chi connectivity index (χ1) is 12.1. The summed E-state index contributed by atoms with van der Waals surface area (Å²) >= 11 is 0. The quantitative estimate of drug-likeness (QED) is 0.822. The van der Waals surface area contributed by atoms with E-state index >= 15 is 0 Å². The van der Waals surface area contributed by atoms with Crippen molar-refractivity contribution in [2.24, 2.45) is 0 Å². The Labute approximate surface area is 152 Å². The predicted molar refractivity (Wildman–Crippen MR) is 103 cm³/mol. The molecule has 4 nitrogen and oxygen atoms in total. The summed E-state index contributed by atoms with van der Waals surface area (Å²) in [6.07, 6.45) is 3.60. The highest BCUT2D eigenvalue weighted by Gasteiger charge is 2.26. The second-order valence-corrected chi connectivity index (χ2v) is 7.82. The van der Waals surface area contributed by atoms with Gasteiger partial charge in [-0.2, -0.15) is 0 Å². The van der Waals surface area contributed by atoms with Crippen molar-refractivity contribution in [1.29, 1.82) is 0 Å². The third kappa shape index (κ3) is 5.05. The monoisotopic (exact) mass is 343 g/mol. The second kappa shape index (κ2) is 8.81. The van der Waals surface area contributed by atoms with Crippen LogP contribution in [0.1, 0.15) is 44.6 Å². The summed E-state index contributed by atoms with van der Waals surface area (Å²) in [5.74, 6) is 0.891. The molecular formula is C21H33N3O. The molecule has 1 amide bonds. The topological polar surface area (TPSA) is 26.8 Å². The molecule has 2 atom stereocenters. The van der Waals surface area contributed by atoms with Gasteiger partial charge in [0.2, 0.25) is 5.91 Å². The van der Waals surface area contributed by atoms with Crippen LogP contribution in [0.5, 0.6) is 0 Å². The summed E-state index contributed by atoms with van der Waals surface area (Å²) in [5.41, 5.74) is 1.42. The van der Waals surface area contributed by atoms with Crippen molar-refractivity contribution in [2.45, 2.75) is 45.1 Å². The van der Waals surface area contributed by atoms with Crippen LogP contribution in [0.25, 0.3) is 0 Å². The number of carbonyl (C=O) groups excluding carboxylic acids is 1. The minimum atomic E-state index is 0.332. The van der Waals surface area contributed by atoms with Gasteiger partial charge in [0.25, 0.3) is 0 Å². The number of piperidine rings is 1. The second-order valence-electron chi connectivity index (χ2n) is 7.82. The fourth-order valence-electron chi connectivity index (χ4n) is 4.16. The number of piperazine rings is 1. The van der Waals surface area contributed by atoms with Crippen LogP contribution in [0.2, 0.25) is 0 Å². The van der Waals surface area contributed by atoms with Gasteiger partial charge in [-0.3, -0.25) is 9.69 Å². The predicted octanol–water partition coefficient (Wildman–Crippen LogP) is 2.81. The molecule has 0 unspecified atom stereocenters. The molecule has 25 heavy (non-hydrogen) atoms. The minimum absolute atomic E-state index is 0.332. The van der Waals surface area contributed by atoms with Gasteiger partial charge in [0.15, 0.2) is 0 Å². The van der Waals surface area contributed by atoms with Gasteiger partial charge >= 0.3 is 0 Å². The van der Waals surface area contributed by atoms with E-state index in [4.69, 9.17) is 0 Å². The van der Waals surface area contributed by atoms with Crippen LogP contribution < -0.4 is 0 Å². The molecule has 2 heterocycles. The van der Waals surface area contributed by atoms with Crippen molar-refractivity contribution in [3.8, 4) is 0 Å². The van der Waals surface area contributed by atoms with E-state index < -0.39 is 0 Å². The number of hydrogen-bond donors (Lipinski definition) is 0. The zero-order valence-electron chi connectivity index (χ0n) is 15.9. The molecule has 0 aromatic heterocycles. The largest absolute Gasteiger partial charge is 0.339 e. The van der Waals surface area contributed by atoms with Gasteiger partial charge in [-0.15, -0.1) is 0 Å². The van der Waals surface area contributed by atoms with Crippen LogP contribution >= 0.6 is 0 Å². The molecule has 2 aliphatic heterocycles. The number of nitrogens with zero attached hydrogens (tertiary/aromatic N) is 3. The number of amides is 1. The fourth-order valence-corrected chi connectivity index (χ4v) is 4.16. The van der Waals surface area contributed by atoms with Gasteiger partial charge in [-0.05, 0) is 37.7 Å². The average molecular weight is 344 g/mol. The molecule has 1 aromatic carbocycles. The maximum atomic E-state index is 12.6. The Morgan fingerprint density at radius 3 is 2.40 bits per heavy atom. The van der Waals surface area contributed by atoms with Crippen LogP contribution in [-0.2, 0) is 4.79 Å². The number of benzene rings is 1. The van der Waals surface area contributed by atoms with E-state index in [1.54, 1.807) is 0 Å². The van der Waals surface area contributed by atoms with Gasteiger partial charge in [-0.1, -0.05) is 37.3 Å². The highest BCUT2D eigenvalue weighted by molar-refractivity contribution is 5.78. The summed E-state index contributed by atoms with van der Waals surface area (Å²) in [6.45, 7) is 11.3. The zero-order chi connectivity index (χ0) is 17.6. The summed E-state index contributed by atoms with van der Waals surface area (Å²) in [7, 11) is 0. The summed E-state index contributed by atoms with van der Waals surface area (Å²) in [4.78, 5) is 19.6. The molecule has 0 saturated carbocycles. The van der Waals surface area contributed by atoms with Gasteiger partial charge in [-0.25, -0.2) is 0 Å². The molecule has 0 bridgehead atoms. The van der Waals surface area contributed by atoms with Gasteiger partial charge < -0.3 is 9.80 Å². The van der Waals surface area contributed by atoms with Crippen LogP contribution in [0.4, 0.5) is 0 Å². The first-order valence-corrected chi connectivity index (χ1v) is 9.92. The van der Waals surface area contributed by atoms with Crippen LogP contribution in [0.3, 0.4) is 0 Å². The van der Waals surface area contributed by atoms with E-state index in [0.29, 0.717) is 24.4 Å². The molecule has 1 aromatic rings. The molecular weight excluding hydrogens is 310 g/mol. The lowest BCUT2D eigenvalue weighted by molar-refractivity contribution is -0.136. The lowest BCUT2D eigenvalue weighted by Crippen LogP contribution is -2.52. The number of likely N-dealkylation sites (tertiary alicyclic amines) is 1. The zero-order valence-corrected chi connectivity index (χ0v) is 15.9. The fraction of sp³-hybridized carbons (Fsp3) is 0.667. The Balaban J connectivity index is 1.42. The smallest absolute Gasteiger partial charge is 0.236 e.